The highest BCUT2D eigenvalue weighted by molar-refractivity contribution is 14.1. The van der Waals surface area contributed by atoms with Gasteiger partial charge in [0.25, 0.3) is 0 Å². The van der Waals surface area contributed by atoms with Gasteiger partial charge < -0.3 is 0 Å². The van der Waals surface area contributed by atoms with E-state index >= 15 is 0 Å². The molecule has 144 valence electrons. The molecule has 0 fully saturated rings. The molecule has 0 nitrogen and oxygen atoms in total. The molecular formula is C24H16BCl3I-. The number of hydrogen-bond acceptors (Lipinski definition) is 0. The first-order chi connectivity index (χ1) is 14.0. The highest BCUT2D eigenvalue weighted by Crippen LogP contribution is 2.16. The maximum absolute atomic E-state index is 6.23. The van der Waals surface area contributed by atoms with Gasteiger partial charge >= 0.3 is 0 Å². The van der Waals surface area contributed by atoms with Crippen molar-refractivity contribution in [2.45, 2.75) is 0 Å². The lowest BCUT2D eigenvalue weighted by Gasteiger charge is -2.44. The fourth-order valence-corrected chi connectivity index (χ4v) is 4.90. The summed E-state index contributed by atoms with van der Waals surface area (Å²) in [5, 5.41) is 2.15. The van der Waals surface area contributed by atoms with Gasteiger partial charge in [-0.15, -0.1) is 0 Å². The quantitative estimate of drug-likeness (QED) is 0.229. The summed E-state index contributed by atoms with van der Waals surface area (Å²) >= 11 is 21.0. The van der Waals surface area contributed by atoms with Gasteiger partial charge in [-0.1, -0.05) is 95.5 Å². The van der Waals surface area contributed by atoms with Crippen LogP contribution in [0.25, 0.3) is 0 Å². The van der Waals surface area contributed by atoms with Gasteiger partial charge in [0, 0.05) is 18.6 Å². The lowest BCUT2D eigenvalue weighted by atomic mass is 9.13. The van der Waals surface area contributed by atoms with Crippen molar-refractivity contribution in [2.75, 3.05) is 0 Å². The molecule has 4 aromatic carbocycles. The van der Waals surface area contributed by atoms with Crippen molar-refractivity contribution in [3.63, 3.8) is 0 Å². The van der Waals surface area contributed by atoms with Crippen LogP contribution >= 0.6 is 57.4 Å². The Labute approximate surface area is 199 Å². The van der Waals surface area contributed by atoms with E-state index in [2.05, 4.69) is 83.3 Å². The van der Waals surface area contributed by atoms with Crippen LogP contribution in [0.3, 0.4) is 0 Å². The van der Waals surface area contributed by atoms with Crippen molar-refractivity contribution in [1.82, 2.24) is 0 Å². The summed E-state index contributed by atoms with van der Waals surface area (Å²) in [5.41, 5.74) is 4.76. The first-order valence-electron chi connectivity index (χ1n) is 9.20. The fraction of sp³-hybridized carbons (Fsp3) is 0. The molecule has 29 heavy (non-hydrogen) atoms. The van der Waals surface area contributed by atoms with Crippen molar-refractivity contribution in [1.29, 1.82) is 0 Å². The zero-order valence-electron chi connectivity index (χ0n) is 15.3. The molecule has 0 aliphatic carbocycles. The maximum Gasteiger partial charge on any atom is 0.108 e. The summed E-state index contributed by atoms with van der Waals surface area (Å²) in [6.45, 7) is 0. The van der Waals surface area contributed by atoms with Crippen LogP contribution in [-0.2, 0) is 0 Å². The third-order valence-electron chi connectivity index (χ3n) is 5.48. The zero-order chi connectivity index (χ0) is 20.4. The molecule has 0 bridgehead atoms. The molecule has 4 rings (SSSR count). The predicted molar refractivity (Wildman–Crippen MR) is 138 cm³/mol. The summed E-state index contributed by atoms with van der Waals surface area (Å²) in [4.78, 5) is 0. The van der Waals surface area contributed by atoms with Gasteiger partial charge in [-0.3, -0.25) is 0 Å². The molecule has 0 amide bonds. The molecule has 0 aliphatic rings. The van der Waals surface area contributed by atoms with E-state index < -0.39 is 6.15 Å². The van der Waals surface area contributed by atoms with Gasteiger partial charge in [0.15, 0.2) is 0 Å². The Morgan fingerprint density at radius 3 is 0.931 bits per heavy atom. The summed E-state index contributed by atoms with van der Waals surface area (Å²) in [6, 6.07) is 33.1. The summed E-state index contributed by atoms with van der Waals surface area (Å²) < 4.78 is 1.19. The van der Waals surface area contributed by atoms with Crippen LogP contribution in [0.1, 0.15) is 0 Å². The van der Waals surface area contributed by atoms with Crippen LogP contribution in [0.15, 0.2) is 97.1 Å². The summed E-state index contributed by atoms with van der Waals surface area (Å²) in [6.07, 6.45) is -1.45. The number of benzene rings is 4. The highest BCUT2D eigenvalue weighted by Gasteiger charge is 2.31. The van der Waals surface area contributed by atoms with Crippen LogP contribution in [0.5, 0.6) is 0 Å². The molecule has 0 saturated carbocycles. The van der Waals surface area contributed by atoms with Crippen molar-refractivity contribution in [2.24, 2.45) is 0 Å². The minimum atomic E-state index is -1.45. The average Bonchev–Trinajstić information content (AvgIpc) is 2.73. The van der Waals surface area contributed by atoms with Gasteiger partial charge in [-0.2, -0.15) is 21.9 Å². The monoisotopic (exact) mass is 547 g/mol. The van der Waals surface area contributed by atoms with E-state index in [1.165, 1.54) is 25.4 Å². The van der Waals surface area contributed by atoms with E-state index in [1.807, 2.05) is 36.4 Å². The predicted octanol–water partition coefficient (Wildman–Crippen LogP) is 5.63. The van der Waals surface area contributed by atoms with Crippen LogP contribution in [0.2, 0.25) is 15.1 Å². The van der Waals surface area contributed by atoms with Crippen LogP contribution in [-0.4, -0.2) is 6.15 Å². The zero-order valence-corrected chi connectivity index (χ0v) is 19.8. The van der Waals surface area contributed by atoms with E-state index in [0.29, 0.717) is 15.1 Å². The molecule has 0 atom stereocenters. The second-order valence-corrected chi connectivity index (χ2v) is 9.63. The van der Waals surface area contributed by atoms with Gasteiger partial charge in [0.2, 0.25) is 0 Å². The molecule has 0 heterocycles. The second-order valence-electron chi connectivity index (χ2n) is 7.07. The number of halogens is 4. The Hall–Kier alpha value is -1.46. The minimum absolute atomic E-state index is 0.716. The maximum atomic E-state index is 6.23. The van der Waals surface area contributed by atoms with Crippen molar-refractivity contribution >= 4 is 85.4 Å². The highest BCUT2D eigenvalue weighted by atomic mass is 127. The minimum Gasteiger partial charge on any atom is -0.195 e. The van der Waals surface area contributed by atoms with Gasteiger partial charge in [0.1, 0.15) is 6.15 Å². The van der Waals surface area contributed by atoms with Crippen molar-refractivity contribution in [3.05, 3.63) is 116 Å². The molecule has 0 aliphatic heterocycles. The first kappa shape index (κ1) is 20.8. The first-order valence-corrected chi connectivity index (χ1v) is 11.4. The Morgan fingerprint density at radius 1 is 0.414 bits per heavy atom. The van der Waals surface area contributed by atoms with E-state index in [-0.39, 0.29) is 0 Å². The Balaban J connectivity index is 2.11. The summed E-state index contributed by atoms with van der Waals surface area (Å²) in [5.74, 6) is 0. The van der Waals surface area contributed by atoms with Crippen LogP contribution in [0.4, 0.5) is 0 Å². The lowest BCUT2D eigenvalue weighted by Crippen LogP contribution is -2.74. The fourth-order valence-electron chi connectivity index (χ4n) is 4.16. The van der Waals surface area contributed by atoms with Crippen LogP contribution in [0, 0.1) is 3.57 Å². The van der Waals surface area contributed by atoms with Crippen molar-refractivity contribution in [3.8, 4) is 0 Å². The molecule has 5 heteroatoms. The molecule has 0 unspecified atom stereocenters. The van der Waals surface area contributed by atoms with E-state index in [9.17, 15) is 0 Å². The SMILES string of the molecule is Clc1ccc([B-](c2ccc(Cl)cc2)(c2ccc(Cl)cc2)c2ccc(I)cc2)cc1. The number of hydrogen-bond donors (Lipinski definition) is 0. The molecule has 0 spiro atoms. The van der Waals surface area contributed by atoms with E-state index in [4.69, 9.17) is 34.8 Å². The molecule has 0 N–H and O–H groups in total. The van der Waals surface area contributed by atoms with E-state index in [0.717, 1.165) is 0 Å². The normalized spacial score (nSPS) is 11.4. The van der Waals surface area contributed by atoms with Gasteiger partial charge in [-0.25, -0.2) is 0 Å². The number of rotatable bonds is 4. The topological polar surface area (TPSA) is 0 Å². The molecule has 4 aromatic rings. The van der Waals surface area contributed by atoms with Crippen LogP contribution < -0.4 is 21.9 Å². The average molecular weight is 548 g/mol. The molecule has 0 aromatic heterocycles. The molecule has 0 radical (unpaired) electrons. The Morgan fingerprint density at radius 2 is 0.655 bits per heavy atom. The third-order valence-corrected chi connectivity index (χ3v) is 6.96. The van der Waals surface area contributed by atoms with Crippen molar-refractivity contribution < 1.29 is 0 Å². The summed E-state index contributed by atoms with van der Waals surface area (Å²) in [7, 11) is 0. The Kier molecular flexibility index (Phi) is 6.26. The van der Waals surface area contributed by atoms with E-state index in [1.54, 1.807) is 0 Å². The van der Waals surface area contributed by atoms with Gasteiger partial charge in [-0.05, 0) is 59.0 Å². The smallest absolute Gasteiger partial charge is 0.108 e. The standard InChI is InChI=1S/C24H16BCl3I/c26-21-9-1-17(2-10-21)25(18-3-11-22(27)12-4-18,19-5-13-23(28)14-6-19)20-7-15-24(29)16-8-20/h1-16H/q-1. The molecule has 0 saturated heterocycles. The Bertz CT molecular complexity index is 919. The lowest BCUT2D eigenvalue weighted by molar-refractivity contribution is 1.64. The molecular weight excluding hydrogens is 532 g/mol. The van der Waals surface area contributed by atoms with Gasteiger partial charge in [0.05, 0.1) is 0 Å². The second kappa shape index (κ2) is 8.73. The third kappa shape index (κ3) is 4.09. The largest absolute Gasteiger partial charge is 0.195 e.